The highest BCUT2D eigenvalue weighted by Crippen LogP contribution is 2.76. The van der Waals surface area contributed by atoms with Crippen molar-refractivity contribution in [1.29, 1.82) is 0 Å². The molecule has 4 nitrogen and oxygen atoms in total. The number of fused-ring (bicyclic) bond motifs is 8. The monoisotopic (exact) mass is 431 g/mol. The van der Waals surface area contributed by atoms with Crippen LogP contribution >= 0.6 is 31.9 Å². The lowest BCUT2D eigenvalue weighted by Gasteiger charge is -2.57. The summed E-state index contributed by atoms with van der Waals surface area (Å²) in [5.74, 6) is 0.313. The van der Waals surface area contributed by atoms with E-state index in [0.717, 1.165) is 0 Å². The first-order chi connectivity index (χ1) is 10.0. The van der Waals surface area contributed by atoms with Gasteiger partial charge in [-0.2, -0.15) is 0 Å². The van der Waals surface area contributed by atoms with Crippen molar-refractivity contribution in [3.63, 3.8) is 0 Å². The fraction of sp³-hybridized carbons (Fsp3) is 0.750. The molecule has 3 aliphatic carbocycles. The van der Waals surface area contributed by atoms with Gasteiger partial charge in [-0.15, -0.1) is 0 Å². The van der Waals surface area contributed by atoms with E-state index >= 15 is 0 Å². The molecule has 0 N–H and O–H groups in total. The Labute approximate surface area is 146 Å². The van der Waals surface area contributed by atoms with Gasteiger partial charge in [0.1, 0.15) is 8.65 Å². The van der Waals surface area contributed by atoms with Gasteiger partial charge in [0.15, 0.2) is 0 Å². The highest BCUT2D eigenvalue weighted by molar-refractivity contribution is 9.13. The van der Waals surface area contributed by atoms with Crippen LogP contribution in [0.5, 0.6) is 0 Å². The van der Waals surface area contributed by atoms with Crippen molar-refractivity contribution in [3.8, 4) is 0 Å². The first-order valence-corrected chi connectivity index (χ1v) is 9.20. The molecule has 4 aliphatic rings. The maximum absolute atomic E-state index is 12.7. The van der Waals surface area contributed by atoms with Gasteiger partial charge in [-0.1, -0.05) is 44.0 Å². The normalized spacial score (nSPS) is 52.1. The van der Waals surface area contributed by atoms with Crippen molar-refractivity contribution in [1.82, 2.24) is 4.90 Å². The molecule has 0 aromatic heterocycles. The summed E-state index contributed by atoms with van der Waals surface area (Å²) in [5, 5.41) is 0. The van der Waals surface area contributed by atoms with Crippen molar-refractivity contribution in [2.24, 2.45) is 23.7 Å². The summed E-state index contributed by atoms with van der Waals surface area (Å²) in [7, 11) is 1.57. The zero-order valence-electron chi connectivity index (χ0n) is 13.0. The second-order valence-corrected chi connectivity index (χ2v) is 10.4. The molecular formula is C16H19Br2NO3. The average Bonchev–Trinajstić information content (AvgIpc) is 2.97. The van der Waals surface area contributed by atoms with Gasteiger partial charge in [0, 0.05) is 18.9 Å². The molecule has 1 aliphatic heterocycles. The van der Waals surface area contributed by atoms with Gasteiger partial charge in [-0.05, 0) is 32.6 Å². The van der Waals surface area contributed by atoms with Gasteiger partial charge >= 0.3 is 0 Å². The molecule has 3 fully saturated rings. The molecule has 2 saturated carbocycles. The third-order valence-electron chi connectivity index (χ3n) is 5.70. The Morgan fingerprint density at radius 1 is 1.05 bits per heavy atom. The van der Waals surface area contributed by atoms with E-state index < -0.39 is 8.65 Å². The molecular weight excluding hydrogens is 414 g/mol. The first kappa shape index (κ1) is 15.3. The molecule has 1 heterocycles. The number of alkyl halides is 2. The Balaban J connectivity index is 1.77. The highest BCUT2D eigenvalue weighted by atomic mass is 79.9. The van der Waals surface area contributed by atoms with Crippen LogP contribution in [-0.4, -0.2) is 44.1 Å². The number of halogens is 2. The molecule has 6 atom stereocenters. The minimum atomic E-state index is -0.833. The molecule has 22 heavy (non-hydrogen) atoms. The number of rotatable bonds is 1. The third-order valence-corrected chi connectivity index (χ3v) is 9.22. The SMILES string of the molecule is CN1C(=O)C2(Br)C3C4C=CC(C4OC(C)(C)C)C3C2(Br)C1=O. The van der Waals surface area contributed by atoms with Crippen molar-refractivity contribution >= 4 is 43.7 Å². The van der Waals surface area contributed by atoms with E-state index in [2.05, 4.69) is 44.0 Å². The van der Waals surface area contributed by atoms with Gasteiger partial charge in [0.2, 0.25) is 11.8 Å². The lowest BCUT2D eigenvalue weighted by atomic mass is 9.53. The van der Waals surface area contributed by atoms with Crippen LogP contribution in [0.4, 0.5) is 0 Å². The number of imide groups is 1. The summed E-state index contributed by atoms with van der Waals surface area (Å²) in [6.07, 6.45) is 4.40. The molecule has 0 aromatic rings. The Kier molecular flexibility index (Phi) is 2.83. The van der Waals surface area contributed by atoms with Gasteiger partial charge in [-0.25, -0.2) is 0 Å². The second kappa shape index (κ2) is 4.06. The maximum Gasteiger partial charge on any atom is 0.248 e. The Morgan fingerprint density at radius 3 is 1.82 bits per heavy atom. The fourth-order valence-corrected chi connectivity index (χ4v) is 7.60. The van der Waals surface area contributed by atoms with Crippen molar-refractivity contribution < 1.29 is 14.3 Å². The number of carbonyl (C=O) groups is 2. The zero-order valence-corrected chi connectivity index (χ0v) is 16.1. The van der Waals surface area contributed by atoms with E-state index in [1.165, 1.54) is 4.90 Å². The molecule has 0 spiro atoms. The van der Waals surface area contributed by atoms with E-state index in [1.54, 1.807) is 7.05 Å². The van der Waals surface area contributed by atoms with Crippen molar-refractivity contribution in [2.75, 3.05) is 7.05 Å². The minimum absolute atomic E-state index is 0.0513. The molecule has 6 unspecified atom stereocenters. The quantitative estimate of drug-likeness (QED) is 0.363. The van der Waals surface area contributed by atoms with Crippen LogP contribution in [-0.2, 0) is 14.3 Å². The zero-order chi connectivity index (χ0) is 16.2. The number of hydrogen-bond acceptors (Lipinski definition) is 3. The molecule has 2 amide bonds. The summed E-state index contributed by atoms with van der Waals surface area (Å²) in [4.78, 5) is 26.6. The van der Waals surface area contributed by atoms with E-state index in [9.17, 15) is 9.59 Å². The van der Waals surface area contributed by atoms with Crippen LogP contribution in [0.1, 0.15) is 20.8 Å². The molecule has 4 rings (SSSR count). The van der Waals surface area contributed by atoms with Crippen LogP contribution in [0.25, 0.3) is 0 Å². The topological polar surface area (TPSA) is 46.6 Å². The van der Waals surface area contributed by atoms with E-state index in [-0.39, 0.29) is 47.2 Å². The largest absolute Gasteiger partial charge is 0.371 e. The van der Waals surface area contributed by atoms with Gasteiger partial charge < -0.3 is 4.74 Å². The summed E-state index contributed by atoms with van der Waals surface area (Å²) in [5.41, 5.74) is -0.240. The number of amides is 2. The lowest BCUT2D eigenvalue weighted by Crippen LogP contribution is -2.72. The number of carbonyl (C=O) groups excluding carboxylic acids is 2. The highest BCUT2D eigenvalue weighted by Gasteiger charge is 2.87. The van der Waals surface area contributed by atoms with Gasteiger partial charge in [-0.3, -0.25) is 14.5 Å². The van der Waals surface area contributed by atoms with Crippen LogP contribution in [0, 0.1) is 23.7 Å². The van der Waals surface area contributed by atoms with Gasteiger partial charge in [0.05, 0.1) is 11.7 Å². The Morgan fingerprint density at radius 2 is 1.45 bits per heavy atom. The van der Waals surface area contributed by atoms with Crippen molar-refractivity contribution in [3.05, 3.63) is 12.2 Å². The number of nitrogens with zero attached hydrogens (tertiary/aromatic N) is 1. The summed E-state index contributed by atoms with van der Waals surface area (Å²) in [6.45, 7) is 6.14. The Hall–Kier alpha value is -0.200. The lowest BCUT2D eigenvalue weighted by molar-refractivity contribution is -0.137. The third kappa shape index (κ3) is 1.40. The average molecular weight is 433 g/mol. The fourth-order valence-electron chi connectivity index (χ4n) is 5.02. The number of hydrogen-bond donors (Lipinski definition) is 0. The first-order valence-electron chi connectivity index (χ1n) is 7.61. The number of likely N-dealkylation sites (tertiary alicyclic amines) is 1. The molecule has 120 valence electrons. The molecule has 0 radical (unpaired) electrons. The van der Waals surface area contributed by atoms with E-state index in [1.807, 2.05) is 20.8 Å². The predicted octanol–water partition coefficient (Wildman–Crippen LogP) is 2.50. The second-order valence-electron chi connectivity index (χ2n) is 7.88. The standard InChI is InChI=1S/C16H19Br2NO3/c1-14(2,3)22-11-7-5-6-8(11)10-9(7)15(17)12(20)19(4)13(21)16(10,15)18/h5-11H,1-4H3. The maximum atomic E-state index is 12.7. The molecule has 0 aromatic carbocycles. The summed E-state index contributed by atoms with van der Waals surface area (Å²) in [6, 6.07) is 0. The predicted molar refractivity (Wildman–Crippen MR) is 88.8 cm³/mol. The van der Waals surface area contributed by atoms with Crippen LogP contribution < -0.4 is 0 Å². The smallest absolute Gasteiger partial charge is 0.248 e. The van der Waals surface area contributed by atoms with Crippen LogP contribution in [0.3, 0.4) is 0 Å². The van der Waals surface area contributed by atoms with Crippen LogP contribution in [0.15, 0.2) is 12.2 Å². The van der Waals surface area contributed by atoms with Crippen molar-refractivity contribution in [2.45, 2.75) is 41.1 Å². The van der Waals surface area contributed by atoms with Crippen LogP contribution in [0.2, 0.25) is 0 Å². The van der Waals surface area contributed by atoms with Gasteiger partial charge in [0.25, 0.3) is 0 Å². The number of ether oxygens (including phenoxy) is 1. The molecule has 2 bridgehead atoms. The minimum Gasteiger partial charge on any atom is -0.371 e. The molecule has 1 saturated heterocycles. The molecule has 6 heteroatoms. The van der Waals surface area contributed by atoms with E-state index in [0.29, 0.717) is 0 Å². The van der Waals surface area contributed by atoms with E-state index in [4.69, 9.17) is 4.74 Å². The summed E-state index contributed by atoms with van der Waals surface area (Å²) < 4.78 is 4.61. The Bertz CT molecular complexity index is 583. The summed E-state index contributed by atoms with van der Waals surface area (Å²) >= 11 is 7.33.